The molecule has 0 spiro atoms. The molecule has 0 aliphatic carbocycles. The SMILES string of the molecule is C/C=C/CC1CCCN1CCC(F)(F)F. The fourth-order valence-electron chi connectivity index (χ4n) is 2.02. The number of hydrogen-bond donors (Lipinski definition) is 0. The standard InChI is InChI=1S/C11H18F3N/c1-2-3-5-10-6-4-8-15(10)9-7-11(12,13)14/h2-3,10H,4-9H2,1H3/b3-2+. The number of allylic oxidation sites excluding steroid dienone is 1. The van der Waals surface area contributed by atoms with Gasteiger partial charge in [-0.15, -0.1) is 0 Å². The zero-order valence-corrected chi connectivity index (χ0v) is 9.06. The van der Waals surface area contributed by atoms with Crippen LogP contribution in [0, 0.1) is 0 Å². The number of rotatable bonds is 4. The maximum atomic E-state index is 12.0. The van der Waals surface area contributed by atoms with E-state index in [-0.39, 0.29) is 6.54 Å². The molecule has 1 aliphatic heterocycles. The molecule has 0 N–H and O–H groups in total. The van der Waals surface area contributed by atoms with Gasteiger partial charge < -0.3 is 0 Å². The summed E-state index contributed by atoms with van der Waals surface area (Å²) in [6.45, 7) is 2.92. The molecule has 4 heteroatoms. The molecule has 88 valence electrons. The molecule has 15 heavy (non-hydrogen) atoms. The van der Waals surface area contributed by atoms with E-state index in [0.29, 0.717) is 6.04 Å². The molecule has 0 aromatic rings. The Morgan fingerprint density at radius 2 is 2.13 bits per heavy atom. The van der Waals surface area contributed by atoms with Gasteiger partial charge in [-0.05, 0) is 32.7 Å². The number of hydrogen-bond acceptors (Lipinski definition) is 1. The lowest BCUT2D eigenvalue weighted by molar-refractivity contribution is -0.138. The van der Waals surface area contributed by atoms with Gasteiger partial charge in [-0.2, -0.15) is 13.2 Å². The summed E-state index contributed by atoms with van der Waals surface area (Å²) in [5.41, 5.74) is 0. The molecular formula is C11H18F3N. The van der Waals surface area contributed by atoms with Crippen molar-refractivity contribution in [3.8, 4) is 0 Å². The highest BCUT2D eigenvalue weighted by molar-refractivity contribution is 4.88. The number of likely N-dealkylation sites (tertiary alicyclic amines) is 1. The van der Waals surface area contributed by atoms with Gasteiger partial charge in [-0.3, -0.25) is 4.90 Å². The third kappa shape index (κ3) is 4.69. The average molecular weight is 221 g/mol. The predicted octanol–water partition coefficient (Wildman–Crippen LogP) is 3.37. The summed E-state index contributed by atoms with van der Waals surface area (Å²) < 4.78 is 36.1. The van der Waals surface area contributed by atoms with Crippen molar-refractivity contribution in [1.82, 2.24) is 4.90 Å². The van der Waals surface area contributed by atoms with E-state index in [0.717, 1.165) is 25.8 Å². The minimum Gasteiger partial charge on any atom is -0.300 e. The van der Waals surface area contributed by atoms with Crippen LogP contribution in [-0.4, -0.2) is 30.2 Å². The molecule has 0 amide bonds. The van der Waals surface area contributed by atoms with Crippen molar-refractivity contribution in [1.29, 1.82) is 0 Å². The molecule has 1 rings (SSSR count). The Labute approximate surface area is 88.9 Å². The molecule has 0 aromatic heterocycles. The van der Waals surface area contributed by atoms with Gasteiger partial charge in [-0.1, -0.05) is 12.2 Å². The smallest absolute Gasteiger partial charge is 0.300 e. The third-order valence-corrected chi connectivity index (χ3v) is 2.83. The zero-order chi connectivity index (χ0) is 11.3. The van der Waals surface area contributed by atoms with Crippen molar-refractivity contribution in [3.05, 3.63) is 12.2 Å². The van der Waals surface area contributed by atoms with Crippen LogP contribution in [0.1, 0.15) is 32.6 Å². The molecule has 0 aromatic carbocycles. The van der Waals surface area contributed by atoms with Gasteiger partial charge in [0, 0.05) is 12.6 Å². The summed E-state index contributed by atoms with van der Waals surface area (Å²) in [5.74, 6) is 0. The van der Waals surface area contributed by atoms with Crippen LogP contribution in [0.2, 0.25) is 0 Å². The van der Waals surface area contributed by atoms with Gasteiger partial charge in [0.15, 0.2) is 0 Å². The van der Waals surface area contributed by atoms with Gasteiger partial charge in [0.1, 0.15) is 0 Å². The average Bonchev–Trinajstić information content (AvgIpc) is 2.57. The van der Waals surface area contributed by atoms with Crippen molar-refractivity contribution in [2.24, 2.45) is 0 Å². The van der Waals surface area contributed by atoms with E-state index in [1.807, 2.05) is 24.0 Å². The summed E-state index contributed by atoms with van der Waals surface area (Å²) in [6, 6.07) is 0.323. The Kier molecular flexibility index (Phi) is 4.64. The normalized spacial score (nSPS) is 24.1. The predicted molar refractivity (Wildman–Crippen MR) is 54.7 cm³/mol. The first-order valence-electron chi connectivity index (χ1n) is 5.45. The van der Waals surface area contributed by atoms with Crippen molar-refractivity contribution < 1.29 is 13.2 Å². The van der Waals surface area contributed by atoms with E-state index in [2.05, 4.69) is 0 Å². The van der Waals surface area contributed by atoms with Gasteiger partial charge in [0.2, 0.25) is 0 Å². The fourth-order valence-corrected chi connectivity index (χ4v) is 2.02. The first-order valence-corrected chi connectivity index (χ1v) is 5.45. The van der Waals surface area contributed by atoms with Crippen molar-refractivity contribution in [2.45, 2.75) is 44.8 Å². The van der Waals surface area contributed by atoms with E-state index in [1.165, 1.54) is 0 Å². The van der Waals surface area contributed by atoms with Gasteiger partial charge >= 0.3 is 6.18 Å². The molecule has 1 saturated heterocycles. The molecule has 1 unspecified atom stereocenters. The minimum absolute atomic E-state index is 0.158. The number of halogens is 3. The van der Waals surface area contributed by atoms with Crippen LogP contribution in [-0.2, 0) is 0 Å². The Balaban J connectivity index is 2.33. The van der Waals surface area contributed by atoms with E-state index >= 15 is 0 Å². The monoisotopic (exact) mass is 221 g/mol. The number of alkyl halides is 3. The van der Waals surface area contributed by atoms with Gasteiger partial charge in [-0.25, -0.2) is 0 Å². The second kappa shape index (κ2) is 5.54. The van der Waals surface area contributed by atoms with Crippen LogP contribution in [0.15, 0.2) is 12.2 Å². The van der Waals surface area contributed by atoms with Crippen LogP contribution in [0.3, 0.4) is 0 Å². The van der Waals surface area contributed by atoms with Crippen LogP contribution >= 0.6 is 0 Å². The largest absolute Gasteiger partial charge is 0.390 e. The topological polar surface area (TPSA) is 3.24 Å². The summed E-state index contributed by atoms with van der Waals surface area (Å²) >= 11 is 0. The van der Waals surface area contributed by atoms with Crippen LogP contribution in [0.25, 0.3) is 0 Å². The van der Waals surface area contributed by atoms with Crippen LogP contribution in [0.5, 0.6) is 0 Å². The lowest BCUT2D eigenvalue weighted by Gasteiger charge is -2.23. The maximum Gasteiger partial charge on any atom is 0.390 e. The molecule has 0 saturated carbocycles. The second-order valence-corrected chi connectivity index (χ2v) is 4.00. The zero-order valence-electron chi connectivity index (χ0n) is 9.06. The molecular weight excluding hydrogens is 203 g/mol. The molecule has 0 radical (unpaired) electrons. The third-order valence-electron chi connectivity index (χ3n) is 2.83. The Hall–Kier alpha value is -0.510. The van der Waals surface area contributed by atoms with E-state index in [9.17, 15) is 13.2 Å². The molecule has 1 fully saturated rings. The molecule has 0 bridgehead atoms. The van der Waals surface area contributed by atoms with E-state index < -0.39 is 12.6 Å². The minimum atomic E-state index is -4.02. The highest BCUT2D eigenvalue weighted by Crippen LogP contribution is 2.25. The first-order chi connectivity index (χ1) is 7.03. The van der Waals surface area contributed by atoms with Crippen molar-refractivity contribution in [3.63, 3.8) is 0 Å². The highest BCUT2D eigenvalue weighted by atomic mass is 19.4. The quantitative estimate of drug-likeness (QED) is 0.658. The van der Waals surface area contributed by atoms with Crippen molar-refractivity contribution >= 4 is 0 Å². The molecule has 1 heterocycles. The fraction of sp³-hybridized carbons (Fsp3) is 0.818. The Morgan fingerprint density at radius 3 is 2.73 bits per heavy atom. The summed E-state index contributed by atoms with van der Waals surface area (Å²) in [5, 5.41) is 0. The molecule has 1 nitrogen and oxygen atoms in total. The lowest BCUT2D eigenvalue weighted by atomic mass is 10.1. The maximum absolute atomic E-state index is 12.0. The van der Waals surface area contributed by atoms with Gasteiger partial charge in [0.05, 0.1) is 6.42 Å². The van der Waals surface area contributed by atoms with Crippen molar-refractivity contribution in [2.75, 3.05) is 13.1 Å². The number of nitrogens with zero attached hydrogens (tertiary/aromatic N) is 1. The van der Waals surface area contributed by atoms with E-state index in [4.69, 9.17) is 0 Å². The van der Waals surface area contributed by atoms with Crippen LogP contribution < -0.4 is 0 Å². The lowest BCUT2D eigenvalue weighted by Crippen LogP contribution is -2.32. The highest BCUT2D eigenvalue weighted by Gasteiger charge is 2.31. The molecule has 1 atom stereocenters. The van der Waals surface area contributed by atoms with Crippen LogP contribution in [0.4, 0.5) is 13.2 Å². The summed E-state index contributed by atoms with van der Waals surface area (Å²) in [6.07, 6.45) is 2.24. The summed E-state index contributed by atoms with van der Waals surface area (Å²) in [7, 11) is 0. The second-order valence-electron chi connectivity index (χ2n) is 4.00. The van der Waals surface area contributed by atoms with E-state index in [1.54, 1.807) is 0 Å². The molecule has 1 aliphatic rings. The Morgan fingerprint density at radius 1 is 1.40 bits per heavy atom. The Bertz CT molecular complexity index is 210. The first kappa shape index (κ1) is 12.6. The summed E-state index contributed by atoms with van der Waals surface area (Å²) in [4.78, 5) is 1.97. The van der Waals surface area contributed by atoms with Gasteiger partial charge in [0.25, 0.3) is 0 Å².